The summed E-state index contributed by atoms with van der Waals surface area (Å²) in [6, 6.07) is 1.68. The van der Waals surface area contributed by atoms with Crippen molar-refractivity contribution in [2.75, 3.05) is 18.4 Å². The predicted molar refractivity (Wildman–Crippen MR) is 101 cm³/mol. The SMILES string of the molecule is Cc1occc1C(=O)Nc1nc(CC(=O)N2CC[C@@H](N)C2)cs1.Cl.Cl. The number of nitrogens with one attached hydrogen (secondary N) is 1. The molecule has 25 heavy (non-hydrogen) atoms. The van der Waals surface area contributed by atoms with Crippen LogP contribution in [0.4, 0.5) is 5.13 Å². The molecule has 0 unspecified atom stereocenters. The Kier molecular flexibility index (Phi) is 7.88. The number of aromatic nitrogens is 1. The van der Waals surface area contributed by atoms with Crippen LogP contribution in [-0.2, 0) is 11.2 Å². The second kappa shape index (κ2) is 9.19. The topological polar surface area (TPSA) is 101 Å². The second-order valence-corrected chi connectivity index (χ2v) is 6.41. The smallest absolute Gasteiger partial charge is 0.260 e. The zero-order valence-electron chi connectivity index (χ0n) is 13.6. The molecule has 2 amide bonds. The van der Waals surface area contributed by atoms with Gasteiger partial charge in [0.25, 0.3) is 5.91 Å². The van der Waals surface area contributed by atoms with Gasteiger partial charge in [0.15, 0.2) is 5.13 Å². The number of furan rings is 1. The summed E-state index contributed by atoms with van der Waals surface area (Å²) >= 11 is 1.30. The molecule has 1 fully saturated rings. The molecule has 2 aromatic rings. The van der Waals surface area contributed by atoms with Gasteiger partial charge in [-0.15, -0.1) is 36.2 Å². The Balaban J connectivity index is 0.00000156. The minimum absolute atomic E-state index is 0. The Hall–Kier alpha value is -1.61. The maximum atomic E-state index is 12.2. The van der Waals surface area contributed by atoms with Crippen molar-refractivity contribution >= 4 is 53.1 Å². The van der Waals surface area contributed by atoms with E-state index in [1.807, 2.05) is 0 Å². The van der Waals surface area contributed by atoms with Gasteiger partial charge in [-0.1, -0.05) is 0 Å². The van der Waals surface area contributed by atoms with Crippen LogP contribution in [0, 0.1) is 6.92 Å². The fourth-order valence-electron chi connectivity index (χ4n) is 2.51. The first-order valence-corrected chi connectivity index (χ1v) is 8.24. The molecule has 1 aliphatic heterocycles. The number of likely N-dealkylation sites (tertiary alicyclic amines) is 1. The van der Waals surface area contributed by atoms with Crippen molar-refractivity contribution in [3.8, 4) is 0 Å². The third-order valence-corrected chi connectivity index (χ3v) is 4.59. The lowest BCUT2D eigenvalue weighted by Gasteiger charge is -2.14. The zero-order chi connectivity index (χ0) is 16.4. The van der Waals surface area contributed by atoms with Crippen molar-refractivity contribution in [1.29, 1.82) is 0 Å². The van der Waals surface area contributed by atoms with Gasteiger partial charge in [0.1, 0.15) is 5.76 Å². The molecule has 10 heteroatoms. The van der Waals surface area contributed by atoms with Crippen LogP contribution in [0.1, 0.15) is 28.2 Å². The van der Waals surface area contributed by atoms with Crippen LogP contribution >= 0.6 is 36.2 Å². The summed E-state index contributed by atoms with van der Waals surface area (Å²) in [7, 11) is 0. The number of thiazole rings is 1. The van der Waals surface area contributed by atoms with Crippen molar-refractivity contribution in [3.63, 3.8) is 0 Å². The summed E-state index contributed by atoms with van der Waals surface area (Å²) in [6.07, 6.45) is 2.54. The van der Waals surface area contributed by atoms with Crippen LogP contribution in [0.25, 0.3) is 0 Å². The number of hydrogen-bond donors (Lipinski definition) is 2. The lowest BCUT2D eigenvalue weighted by molar-refractivity contribution is -0.129. The van der Waals surface area contributed by atoms with Crippen molar-refractivity contribution < 1.29 is 14.0 Å². The third-order valence-electron chi connectivity index (χ3n) is 3.79. The predicted octanol–water partition coefficient (Wildman–Crippen LogP) is 2.24. The maximum absolute atomic E-state index is 12.2. The zero-order valence-corrected chi connectivity index (χ0v) is 16.0. The largest absolute Gasteiger partial charge is 0.469 e. The van der Waals surface area contributed by atoms with Gasteiger partial charge < -0.3 is 15.1 Å². The molecule has 1 atom stereocenters. The van der Waals surface area contributed by atoms with Crippen molar-refractivity contribution in [3.05, 3.63) is 34.7 Å². The van der Waals surface area contributed by atoms with E-state index in [0.717, 1.165) is 6.42 Å². The van der Waals surface area contributed by atoms with E-state index in [4.69, 9.17) is 10.2 Å². The van der Waals surface area contributed by atoms with Crippen molar-refractivity contribution in [1.82, 2.24) is 9.88 Å². The lowest BCUT2D eigenvalue weighted by Crippen LogP contribution is -2.33. The molecule has 0 saturated carbocycles. The Morgan fingerprint density at radius 1 is 1.48 bits per heavy atom. The number of aryl methyl sites for hydroxylation is 1. The molecule has 1 saturated heterocycles. The average molecular weight is 407 g/mol. The molecular weight excluding hydrogens is 387 g/mol. The van der Waals surface area contributed by atoms with Gasteiger partial charge in [-0.05, 0) is 19.4 Å². The standard InChI is InChI=1S/C15H18N4O3S.2ClH/c1-9-12(3-5-22-9)14(21)18-15-17-11(8-23-15)6-13(20)19-4-2-10(16)7-19;;/h3,5,8,10H,2,4,6-7,16H2,1H3,(H,17,18,21);2*1H/t10-;;/m1../s1. The highest BCUT2D eigenvalue weighted by Crippen LogP contribution is 2.19. The summed E-state index contributed by atoms with van der Waals surface area (Å²) in [5, 5.41) is 4.97. The minimum Gasteiger partial charge on any atom is -0.469 e. The van der Waals surface area contributed by atoms with E-state index in [2.05, 4.69) is 10.3 Å². The monoisotopic (exact) mass is 406 g/mol. The number of carbonyl (C=O) groups excluding carboxylic acids is 2. The van der Waals surface area contributed by atoms with Crippen molar-refractivity contribution in [2.45, 2.75) is 25.8 Å². The van der Waals surface area contributed by atoms with Gasteiger partial charge in [0.2, 0.25) is 5.91 Å². The molecule has 3 N–H and O–H groups in total. The van der Waals surface area contributed by atoms with Crippen LogP contribution in [0.3, 0.4) is 0 Å². The van der Waals surface area contributed by atoms with E-state index < -0.39 is 0 Å². The highest BCUT2D eigenvalue weighted by molar-refractivity contribution is 7.14. The summed E-state index contributed by atoms with van der Waals surface area (Å²) < 4.78 is 5.11. The molecule has 0 aromatic carbocycles. The number of rotatable bonds is 4. The first kappa shape index (κ1) is 21.4. The second-order valence-electron chi connectivity index (χ2n) is 5.55. The fourth-order valence-corrected chi connectivity index (χ4v) is 3.22. The molecule has 7 nitrogen and oxygen atoms in total. The number of halogens is 2. The highest BCUT2D eigenvalue weighted by Gasteiger charge is 2.24. The average Bonchev–Trinajstić information content (AvgIpc) is 3.21. The van der Waals surface area contributed by atoms with Gasteiger partial charge in [-0.2, -0.15) is 0 Å². The summed E-state index contributed by atoms with van der Waals surface area (Å²) in [4.78, 5) is 30.3. The first-order valence-electron chi connectivity index (χ1n) is 7.36. The Labute approximate surface area is 161 Å². The highest BCUT2D eigenvalue weighted by atomic mass is 35.5. The van der Waals surface area contributed by atoms with E-state index in [1.165, 1.54) is 17.6 Å². The van der Waals surface area contributed by atoms with Crippen LogP contribution in [0.15, 0.2) is 22.1 Å². The molecule has 0 spiro atoms. The van der Waals surface area contributed by atoms with Gasteiger partial charge in [-0.3, -0.25) is 14.9 Å². The van der Waals surface area contributed by atoms with E-state index in [1.54, 1.807) is 23.3 Å². The molecule has 2 aromatic heterocycles. The number of nitrogens with zero attached hydrogens (tertiary/aromatic N) is 2. The minimum atomic E-state index is -0.269. The summed E-state index contributed by atoms with van der Waals surface area (Å²) in [5.41, 5.74) is 6.94. The fraction of sp³-hybridized carbons (Fsp3) is 0.400. The molecule has 0 bridgehead atoms. The molecule has 138 valence electrons. The van der Waals surface area contributed by atoms with Crippen LogP contribution < -0.4 is 11.1 Å². The maximum Gasteiger partial charge on any atom is 0.260 e. The Morgan fingerprint density at radius 2 is 2.24 bits per heavy atom. The van der Waals surface area contributed by atoms with Gasteiger partial charge in [0.05, 0.1) is 23.9 Å². The third kappa shape index (κ3) is 5.18. The first-order chi connectivity index (χ1) is 11.0. The van der Waals surface area contributed by atoms with E-state index in [-0.39, 0.29) is 49.1 Å². The van der Waals surface area contributed by atoms with Crippen molar-refractivity contribution in [2.24, 2.45) is 5.73 Å². The molecular formula is C15H20Cl2N4O3S. The number of carbonyl (C=O) groups is 2. The Bertz CT molecular complexity index is 734. The quantitative estimate of drug-likeness (QED) is 0.810. The number of anilines is 1. The van der Waals surface area contributed by atoms with Gasteiger partial charge in [0, 0.05) is 24.5 Å². The number of nitrogens with two attached hydrogens (primary N) is 1. The molecule has 0 radical (unpaired) electrons. The van der Waals surface area contributed by atoms with Crippen LogP contribution in [-0.4, -0.2) is 40.8 Å². The molecule has 3 rings (SSSR count). The summed E-state index contributed by atoms with van der Waals surface area (Å²) in [6.45, 7) is 3.03. The number of amides is 2. The van der Waals surface area contributed by atoms with Crippen LogP contribution in [0.5, 0.6) is 0 Å². The van der Waals surface area contributed by atoms with E-state index >= 15 is 0 Å². The summed E-state index contributed by atoms with van der Waals surface area (Å²) in [5.74, 6) is 0.306. The molecule has 1 aliphatic rings. The molecule has 3 heterocycles. The van der Waals surface area contributed by atoms with E-state index in [9.17, 15) is 9.59 Å². The molecule has 0 aliphatic carbocycles. The van der Waals surface area contributed by atoms with E-state index in [0.29, 0.717) is 35.2 Å². The van der Waals surface area contributed by atoms with Gasteiger partial charge >= 0.3 is 0 Å². The lowest BCUT2D eigenvalue weighted by atomic mass is 10.2. The Morgan fingerprint density at radius 3 is 2.84 bits per heavy atom. The van der Waals surface area contributed by atoms with Gasteiger partial charge in [-0.25, -0.2) is 4.98 Å². The normalized spacial score (nSPS) is 16.1. The van der Waals surface area contributed by atoms with Crippen LogP contribution in [0.2, 0.25) is 0 Å². The number of hydrogen-bond acceptors (Lipinski definition) is 6.